The molecule has 1 fully saturated rings. The van der Waals surface area contributed by atoms with Crippen LogP contribution in [0.2, 0.25) is 0 Å². The average Bonchev–Trinajstić information content (AvgIpc) is 2.37. The summed E-state index contributed by atoms with van der Waals surface area (Å²) in [6.45, 7) is 2.23. The number of hydrogen-bond acceptors (Lipinski definition) is 3. The zero-order valence-electron chi connectivity index (χ0n) is 10.8. The molecule has 1 aromatic heterocycles. The number of likely N-dealkylation sites (tertiary alicyclic amines) is 1. The van der Waals surface area contributed by atoms with E-state index in [0.717, 1.165) is 37.3 Å². The molecule has 4 nitrogen and oxygen atoms in total. The number of aliphatic carboxylic acids is 1. The first-order valence-electron chi connectivity index (χ1n) is 6.51. The maximum absolute atomic E-state index is 10.6. The Morgan fingerprint density at radius 3 is 2.83 bits per heavy atom. The van der Waals surface area contributed by atoms with Crippen LogP contribution in [0.15, 0.2) is 18.2 Å². The number of aryl methyl sites for hydroxylation is 1. The van der Waals surface area contributed by atoms with Crippen LogP contribution in [0.3, 0.4) is 0 Å². The first-order valence-corrected chi connectivity index (χ1v) is 6.51. The van der Waals surface area contributed by atoms with Crippen LogP contribution < -0.4 is 0 Å². The summed E-state index contributed by atoms with van der Waals surface area (Å²) in [5.41, 5.74) is 2.03. The van der Waals surface area contributed by atoms with Crippen molar-refractivity contribution < 1.29 is 9.90 Å². The van der Waals surface area contributed by atoms with Gasteiger partial charge >= 0.3 is 5.97 Å². The summed E-state index contributed by atoms with van der Waals surface area (Å²) in [6.07, 6.45) is 2.97. The smallest absolute Gasteiger partial charge is 0.303 e. The molecule has 1 aromatic rings. The lowest BCUT2D eigenvalue weighted by Gasteiger charge is -2.28. The van der Waals surface area contributed by atoms with Gasteiger partial charge in [-0.15, -0.1) is 0 Å². The van der Waals surface area contributed by atoms with Gasteiger partial charge in [0.2, 0.25) is 0 Å². The molecule has 98 valence electrons. The highest BCUT2D eigenvalue weighted by Gasteiger charge is 2.19. The largest absolute Gasteiger partial charge is 0.481 e. The van der Waals surface area contributed by atoms with Gasteiger partial charge in [-0.2, -0.15) is 0 Å². The van der Waals surface area contributed by atoms with E-state index in [4.69, 9.17) is 5.11 Å². The number of carbonyl (C=O) groups is 1. The van der Waals surface area contributed by atoms with Gasteiger partial charge in [0.25, 0.3) is 0 Å². The van der Waals surface area contributed by atoms with Crippen molar-refractivity contribution in [1.29, 1.82) is 0 Å². The summed E-state index contributed by atoms with van der Waals surface area (Å²) in [5, 5.41) is 8.69. The molecule has 0 bridgehead atoms. The summed E-state index contributed by atoms with van der Waals surface area (Å²) in [6, 6.07) is 5.99. The SMILES string of the molecule is CN1CCC(c2cccc(CCC(=O)O)n2)CC1. The number of carboxylic acids is 1. The molecule has 1 saturated heterocycles. The van der Waals surface area contributed by atoms with Crippen LogP contribution in [-0.2, 0) is 11.2 Å². The Bertz CT molecular complexity index is 412. The summed E-state index contributed by atoms with van der Waals surface area (Å²) in [4.78, 5) is 17.5. The van der Waals surface area contributed by atoms with Crippen molar-refractivity contribution in [3.05, 3.63) is 29.6 Å². The van der Waals surface area contributed by atoms with Crippen LogP contribution in [0.25, 0.3) is 0 Å². The third kappa shape index (κ3) is 3.53. The molecule has 0 saturated carbocycles. The lowest BCUT2D eigenvalue weighted by Crippen LogP contribution is -2.29. The van der Waals surface area contributed by atoms with E-state index in [0.29, 0.717) is 12.3 Å². The van der Waals surface area contributed by atoms with Crippen molar-refractivity contribution in [3.63, 3.8) is 0 Å². The Balaban J connectivity index is 2.00. The predicted octanol–water partition coefficient (Wildman–Crippen LogP) is 1.91. The third-order valence-corrected chi connectivity index (χ3v) is 3.56. The van der Waals surface area contributed by atoms with Crippen LogP contribution >= 0.6 is 0 Å². The molecular weight excluding hydrogens is 228 g/mol. The van der Waals surface area contributed by atoms with Gasteiger partial charge in [0, 0.05) is 23.7 Å². The fourth-order valence-electron chi connectivity index (χ4n) is 2.40. The van der Waals surface area contributed by atoms with E-state index in [9.17, 15) is 4.79 Å². The molecule has 0 aliphatic carbocycles. The van der Waals surface area contributed by atoms with Crippen LogP contribution in [-0.4, -0.2) is 41.1 Å². The fourth-order valence-corrected chi connectivity index (χ4v) is 2.40. The van der Waals surface area contributed by atoms with Crippen LogP contribution in [0, 0.1) is 0 Å². The normalized spacial score (nSPS) is 17.8. The Morgan fingerprint density at radius 2 is 2.17 bits per heavy atom. The highest BCUT2D eigenvalue weighted by atomic mass is 16.4. The van der Waals surface area contributed by atoms with Crippen molar-refractivity contribution in [2.24, 2.45) is 0 Å². The van der Waals surface area contributed by atoms with E-state index in [1.165, 1.54) is 0 Å². The zero-order chi connectivity index (χ0) is 13.0. The lowest BCUT2D eigenvalue weighted by atomic mass is 9.93. The van der Waals surface area contributed by atoms with Crippen molar-refractivity contribution in [3.8, 4) is 0 Å². The highest BCUT2D eigenvalue weighted by molar-refractivity contribution is 5.66. The molecule has 0 radical (unpaired) electrons. The minimum atomic E-state index is -0.763. The average molecular weight is 248 g/mol. The molecule has 2 heterocycles. The summed E-state index contributed by atoms with van der Waals surface area (Å²) in [5.74, 6) is -0.229. The number of pyridine rings is 1. The minimum Gasteiger partial charge on any atom is -0.481 e. The quantitative estimate of drug-likeness (QED) is 0.884. The van der Waals surface area contributed by atoms with E-state index in [2.05, 4.69) is 23.0 Å². The van der Waals surface area contributed by atoms with Gasteiger partial charge in [-0.25, -0.2) is 0 Å². The molecule has 0 aromatic carbocycles. The van der Waals surface area contributed by atoms with Gasteiger partial charge in [-0.05, 0) is 45.1 Å². The molecular formula is C14H20N2O2. The second-order valence-corrected chi connectivity index (χ2v) is 5.03. The van der Waals surface area contributed by atoms with Gasteiger partial charge in [-0.1, -0.05) is 6.07 Å². The molecule has 1 N–H and O–H groups in total. The van der Waals surface area contributed by atoms with Gasteiger partial charge in [-0.3, -0.25) is 9.78 Å². The van der Waals surface area contributed by atoms with Crippen molar-refractivity contribution in [2.75, 3.05) is 20.1 Å². The van der Waals surface area contributed by atoms with Crippen LogP contribution in [0.1, 0.15) is 36.6 Å². The Morgan fingerprint density at radius 1 is 1.44 bits per heavy atom. The second-order valence-electron chi connectivity index (χ2n) is 5.03. The molecule has 2 rings (SSSR count). The van der Waals surface area contributed by atoms with Crippen LogP contribution in [0.4, 0.5) is 0 Å². The van der Waals surface area contributed by atoms with Crippen LogP contribution in [0.5, 0.6) is 0 Å². The number of hydrogen-bond donors (Lipinski definition) is 1. The number of piperidine rings is 1. The molecule has 0 unspecified atom stereocenters. The van der Waals surface area contributed by atoms with Gasteiger partial charge in [0.15, 0.2) is 0 Å². The molecule has 0 spiro atoms. The van der Waals surface area contributed by atoms with E-state index in [-0.39, 0.29) is 6.42 Å². The van der Waals surface area contributed by atoms with Gasteiger partial charge in [0.1, 0.15) is 0 Å². The van der Waals surface area contributed by atoms with E-state index >= 15 is 0 Å². The lowest BCUT2D eigenvalue weighted by molar-refractivity contribution is -0.136. The predicted molar refractivity (Wildman–Crippen MR) is 69.7 cm³/mol. The fraction of sp³-hybridized carbons (Fsp3) is 0.571. The van der Waals surface area contributed by atoms with Crippen molar-refractivity contribution in [2.45, 2.75) is 31.6 Å². The number of rotatable bonds is 4. The third-order valence-electron chi connectivity index (χ3n) is 3.56. The number of nitrogens with zero attached hydrogens (tertiary/aromatic N) is 2. The zero-order valence-corrected chi connectivity index (χ0v) is 10.8. The Labute approximate surface area is 108 Å². The maximum Gasteiger partial charge on any atom is 0.303 e. The molecule has 18 heavy (non-hydrogen) atoms. The topological polar surface area (TPSA) is 53.4 Å². The first kappa shape index (κ1) is 13.0. The molecule has 1 aliphatic heterocycles. The van der Waals surface area contributed by atoms with E-state index in [1.807, 2.05) is 12.1 Å². The molecule has 1 aliphatic rings. The van der Waals surface area contributed by atoms with E-state index < -0.39 is 5.97 Å². The highest BCUT2D eigenvalue weighted by Crippen LogP contribution is 2.26. The maximum atomic E-state index is 10.6. The monoisotopic (exact) mass is 248 g/mol. The molecule has 0 atom stereocenters. The Hall–Kier alpha value is -1.42. The molecule has 0 amide bonds. The number of aromatic nitrogens is 1. The van der Waals surface area contributed by atoms with Crippen molar-refractivity contribution in [1.82, 2.24) is 9.88 Å². The first-order chi connectivity index (χ1) is 8.65. The summed E-state index contributed by atoms with van der Waals surface area (Å²) in [7, 11) is 2.15. The van der Waals surface area contributed by atoms with E-state index in [1.54, 1.807) is 0 Å². The van der Waals surface area contributed by atoms with Gasteiger partial charge in [0.05, 0.1) is 6.42 Å². The van der Waals surface area contributed by atoms with Crippen molar-refractivity contribution >= 4 is 5.97 Å². The standard InChI is InChI=1S/C14H20N2O2/c1-16-9-7-11(8-10-16)13-4-2-3-12(15-13)5-6-14(17)18/h2-4,11H,5-10H2,1H3,(H,17,18). The minimum absolute atomic E-state index is 0.157. The second kappa shape index (κ2) is 5.96. The summed E-state index contributed by atoms with van der Waals surface area (Å²) >= 11 is 0. The summed E-state index contributed by atoms with van der Waals surface area (Å²) < 4.78 is 0. The number of carboxylic acid groups (broad SMARTS) is 1. The van der Waals surface area contributed by atoms with Gasteiger partial charge < -0.3 is 10.0 Å². The molecule has 4 heteroatoms. The Kier molecular flexibility index (Phi) is 4.31.